The summed E-state index contributed by atoms with van der Waals surface area (Å²) < 4.78 is 0. The first-order chi connectivity index (χ1) is 13.9. The van der Waals surface area contributed by atoms with Crippen molar-refractivity contribution in [3.63, 3.8) is 0 Å². The predicted octanol–water partition coefficient (Wildman–Crippen LogP) is 5.07. The Bertz CT molecular complexity index is 1030. The number of carbonyl (C=O) groups excluding carboxylic acids is 2. The molecule has 6 heteroatoms. The molecule has 0 aliphatic carbocycles. The van der Waals surface area contributed by atoms with Crippen LogP contribution in [-0.2, 0) is 15.0 Å². The summed E-state index contributed by atoms with van der Waals surface area (Å²) >= 11 is 12.5. The van der Waals surface area contributed by atoms with Crippen LogP contribution in [0.1, 0.15) is 37.3 Å². The first-order valence-electron chi connectivity index (χ1n) is 9.64. The van der Waals surface area contributed by atoms with Crippen LogP contribution in [0.4, 0.5) is 5.69 Å². The second-order valence-electron chi connectivity index (χ2n) is 7.71. The van der Waals surface area contributed by atoms with Gasteiger partial charge in [-0.05, 0) is 49.2 Å². The highest BCUT2D eigenvalue weighted by Crippen LogP contribution is 2.56. The molecule has 150 valence electrons. The van der Waals surface area contributed by atoms with Gasteiger partial charge < -0.3 is 10.6 Å². The van der Waals surface area contributed by atoms with Gasteiger partial charge in [-0.2, -0.15) is 0 Å². The van der Waals surface area contributed by atoms with Gasteiger partial charge in [-0.25, -0.2) is 0 Å². The summed E-state index contributed by atoms with van der Waals surface area (Å²) in [5.41, 5.74) is 2.57. The Labute approximate surface area is 180 Å². The van der Waals surface area contributed by atoms with Crippen molar-refractivity contribution in [3.05, 3.63) is 75.3 Å². The Balaban J connectivity index is 2.05. The lowest BCUT2D eigenvalue weighted by atomic mass is 9.59. The fourth-order valence-electron chi connectivity index (χ4n) is 4.88. The number of hydrogen-bond acceptors (Lipinski definition) is 2. The van der Waals surface area contributed by atoms with E-state index in [9.17, 15) is 9.59 Å². The maximum Gasteiger partial charge on any atom is 0.236 e. The third kappa shape index (κ3) is 3.15. The summed E-state index contributed by atoms with van der Waals surface area (Å²) in [6.07, 6.45) is 2.21. The van der Waals surface area contributed by atoms with Crippen molar-refractivity contribution in [3.8, 4) is 0 Å². The Morgan fingerprint density at radius 3 is 2.62 bits per heavy atom. The van der Waals surface area contributed by atoms with Crippen molar-refractivity contribution in [1.82, 2.24) is 5.32 Å². The Morgan fingerprint density at radius 2 is 1.90 bits per heavy atom. The molecule has 2 aliphatic rings. The van der Waals surface area contributed by atoms with Crippen LogP contribution < -0.4 is 10.6 Å². The van der Waals surface area contributed by atoms with Crippen LogP contribution in [0.2, 0.25) is 10.0 Å². The van der Waals surface area contributed by atoms with Gasteiger partial charge in [0.05, 0.1) is 5.41 Å². The van der Waals surface area contributed by atoms with E-state index < -0.39 is 5.41 Å². The van der Waals surface area contributed by atoms with Crippen molar-refractivity contribution in [1.29, 1.82) is 0 Å². The normalized spacial score (nSPS) is 26.7. The number of anilines is 1. The van der Waals surface area contributed by atoms with Gasteiger partial charge in [0.15, 0.2) is 0 Å². The Hall–Kier alpha value is -2.30. The van der Waals surface area contributed by atoms with E-state index in [1.165, 1.54) is 0 Å². The Kier molecular flexibility index (Phi) is 5.18. The van der Waals surface area contributed by atoms with Crippen molar-refractivity contribution >= 4 is 40.7 Å². The van der Waals surface area contributed by atoms with E-state index in [0.29, 0.717) is 22.3 Å². The zero-order chi connectivity index (χ0) is 20.8. The van der Waals surface area contributed by atoms with Crippen LogP contribution in [0.3, 0.4) is 0 Å². The Morgan fingerprint density at radius 1 is 1.14 bits per heavy atom. The van der Waals surface area contributed by atoms with Gasteiger partial charge in [0, 0.05) is 40.5 Å². The SMILES string of the molecule is CC=C(C)[C@@H]1CNC(=O)C[C@H](c2cccc(Cl)c2)[C@@]12C(=O)Nc1cc(Cl)ccc12. The summed E-state index contributed by atoms with van der Waals surface area (Å²) in [6.45, 7) is 4.36. The molecule has 0 bridgehead atoms. The van der Waals surface area contributed by atoms with Gasteiger partial charge in [0.2, 0.25) is 11.8 Å². The predicted molar refractivity (Wildman–Crippen MR) is 117 cm³/mol. The number of fused-ring (bicyclic) bond motifs is 2. The number of allylic oxidation sites excluding steroid dienone is 1. The molecule has 3 atom stereocenters. The molecule has 2 heterocycles. The highest BCUT2D eigenvalue weighted by atomic mass is 35.5. The zero-order valence-electron chi connectivity index (χ0n) is 16.3. The van der Waals surface area contributed by atoms with Gasteiger partial charge in [-0.3, -0.25) is 9.59 Å². The molecule has 2 aromatic rings. The van der Waals surface area contributed by atoms with E-state index in [1.54, 1.807) is 18.2 Å². The average Bonchev–Trinajstić information content (AvgIpc) is 2.86. The first kappa shape index (κ1) is 20.0. The number of hydrogen-bond donors (Lipinski definition) is 2. The van der Waals surface area contributed by atoms with Crippen LogP contribution in [0.15, 0.2) is 54.1 Å². The van der Waals surface area contributed by atoms with E-state index in [1.807, 2.05) is 44.2 Å². The summed E-state index contributed by atoms with van der Waals surface area (Å²) in [5, 5.41) is 7.20. The molecule has 2 amide bonds. The molecule has 2 aromatic carbocycles. The van der Waals surface area contributed by atoms with Crippen LogP contribution in [-0.4, -0.2) is 18.4 Å². The van der Waals surface area contributed by atoms with E-state index in [0.717, 1.165) is 16.7 Å². The average molecular weight is 429 g/mol. The minimum atomic E-state index is -0.944. The molecule has 0 aromatic heterocycles. The van der Waals surface area contributed by atoms with E-state index in [2.05, 4.69) is 10.6 Å². The van der Waals surface area contributed by atoms with E-state index in [4.69, 9.17) is 23.2 Å². The number of amides is 2. The molecule has 0 radical (unpaired) electrons. The monoisotopic (exact) mass is 428 g/mol. The minimum absolute atomic E-state index is 0.0732. The lowest BCUT2D eigenvalue weighted by molar-refractivity contribution is -0.123. The fourth-order valence-corrected chi connectivity index (χ4v) is 5.26. The lowest BCUT2D eigenvalue weighted by Gasteiger charge is -2.41. The molecule has 1 fully saturated rings. The number of halogens is 2. The molecular weight excluding hydrogens is 407 g/mol. The van der Waals surface area contributed by atoms with Gasteiger partial charge in [-0.15, -0.1) is 0 Å². The van der Waals surface area contributed by atoms with Crippen LogP contribution in [0.25, 0.3) is 0 Å². The fraction of sp³-hybridized carbons (Fsp3) is 0.304. The third-order valence-electron chi connectivity index (χ3n) is 6.30. The quantitative estimate of drug-likeness (QED) is 0.655. The number of benzene rings is 2. The van der Waals surface area contributed by atoms with Crippen LogP contribution >= 0.6 is 23.2 Å². The van der Waals surface area contributed by atoms with Crippen molar-refractivity contribution in [2.24, 2.45) is 5.92 Å². The number of nitrogens with one attached hydrogen (secondary N) is 2. The smallest absolute Gasteiger partial charge is 0.236 e. The van der Waals surface area contributed by atoms with Gasteiger partial charge in [0.25, 0.3) is 0 Å². The molecule has 4 rings (SSSR count). The largest absolute Gasteiger partial charge is 0.355 e. The van der Waals surface area contributed by atoms with Crippen LogP contribution in [0.5, 0.6) is 0 Å². The second-order valence-corrected chi connectivity index (χ2v) is 8.59. The van der Waals surface area contributed by atoms with Gasteiger partial charge in [0.1, 0.15) is 0 Å². The topological polar surface area (TPSA) is 58.2 Å². The van der Waals surface area contributed by atoms with Crippen LogP contribution in [0, 0.1) is 5.92 Å². The number of carbonyl (C=O) groups is 2. The molecule has 0 saturated carbocycles. The maximum atomic E-state index is 13.7. The summed E-state index contributed by atoms with van der Waals surface area (Å²) in [7, 11) is 0. The van der Waals surface area contributed by atoms with Crippen molar-refractivity contribution in [2.45, 2.75) is 31.6 Å². The summed E-state index contributed by atoms with van der Waals surface area (Å²) in [6, 6.07) is 13.0. The molecule has 1 spiro atoms. The second kappa shape index (κ2) is 7.51. The first-order valence-corrected chi connectivity index (χ1v) is 10.4. The summed E-state index contributed by atoms with van der Waals surface area (Å²) in [4.78, 5) is 26.4. The van der Waals surface area contributed by atoms with E-state index >= 15 is 0 Å². The van der Waals surface area contributed by atoms with Gasteiger partial charge >= 0.3 is 0 Å². The molecule has 29 heavy (non-hydrogen) atoms. The summed E-state index contributed by atoms with van der Waals surface area (Å²) in [5.74, 6) is -0.755. The van der Waals surface area contributed by atoms with Crippen molar-refractivity contribution < 1.29 is 9.59 Å². The standard InChI is InChI=1S/C23H22Cl2N2O2/c1-3-13(2)19-12-26-21(28)11-18(14-5-4-6-15(24)9-14)23(19)17-8-7-16(25)10-20(17)27-22(23)29/h3-10,18-19H,11-12H2,1-2H3,(H,26,28)(H,27,29)/t18-,19+,23-/m1/s1. The van der Waals surface area contributed by atoms with Crippen molar-refractivity contribution in [2.75, 3.05) is 11.9 Å². The molecule has 1 saturated heterocycles. The number of rotatable bonds is 2. The third-order valence-corrected chi connectivity index (χ3v) is 6.77. The lowest BCUT2D eigenvalue weighted by Crippen LogP contribution is -2.48. The molecular formula is C23H22Cl2N2O2. The minimum Gasteiger partial charge on any atom is -0.355 e. The maximum absolute atomic E-state index is 13.7. The highest BCUT2D eigenvalue weighted by molar-refractivity contribution is 6.31. The molecule has 4 nitrogen and oxygen atoms in total. The highest BCUT2D eigenvalue weighted by Gasteiger charge is 2.59. The molecule has 2 N–H and O–H groups in total. The van der Waals surface area contributed by atoms with E-state index in [-0.39, 0.29) is 30.1 Å². The van der Waals surface area contributed by atoms with Gasteiger partial charge in [-0.1, -0.05) is 53.1 Å². The zero-order valence-corrected chi connectivity index (χ0v) is 17.8. The molecule has 2 aliphatic heterocycles. The molecule has 0 unspecified atom stereocenters.